The summed E-state index contributed by atoms with van der Waals surface area (Å²) in [5.41, 5.74) is 1.48. The van der Waals surface area contributed by atoms with Crippen LogP contribution in [0.4, 0.5) is 21.9 Å². The first-order valence-electron chi connectivity index (χ1n) is 17.0. The van der Waals surface area contributed by atoms with E-state index in [0.29, 0.717) is 41.9 Å². The Balaban J connectivity index is 1.28. The van der Waals surface area contributed by atoms with E-state index in [0.717, 1.165) is 17.1 Å². The number of ether oxygens (including phenoxy) is 1. The van der Waals surface area contributed by atoms with E-state index in [2.05, 4.69) is 26.2 Å². The molecular weight excluding hydrogens is 688 g/mol. The second-order valence-corrected chi connectivity index (χ2v) is 13.2. The zero-order valence-electron chi connectivity index (χ0n) is 29.9. The third kappa shape index (κ3) is 15.8. The van der Waals surface area contributed by atoms with Crippen LogP contribution in [0.2, 0.25) is 0 Å². The molecule has 0 radical (unpaired) electrons. The number of aliphatic carboxylic acids is 1. The van der Waals surface area contributed by atoms with Crippen molar-refractivity contribution >= 4 is 64.3 Å². The van der Waals surface area contributed by atoms with Crippen molar-refractivity contribution in [1.29, 1.82) is 0 Å². The third-order valence-corrected chi connectivity index (χ3v) is 7.50. The van der Waals surface area contributed by atoms with Crippen LogP contribution in [0.5, 0.6) is 0 Å². The minimum Gasteiger partial charge on any atom is -0.480 e. The zero-order chi connectivity index (χ0) is 39.0. The maximum Gasteiger partial charge on any atom is 0.408 e. The number of unbranched alkanes of at least 4 members (excludes halogenated alkanes) is 2. The summed E-state index contributed by atoms with van der Waals surface area (Å²) in [6.45, 7) is 4.51. The Morgan fingerprint density at radius 3 is 1.96 bits per heavy atom. The number of benzene rings is 2. The molecule has 0 bridgehead atoms. The lowest BCUT2D eigenvalue weighted by molar-refractivity contribution is -0.140. The highest BCUT2D eigenvalue weighted by atomic mass is 16.6. The molecule has 5 amide bonds. The summed E-state index contributed by atoms with van der Waals surface area (Å²) >= 11 is 0. The molecule has 2 aromatic carbocycles. The Morgan fingerprint density at radius 2 is 1.38 bits per heavy atom. The number of carbonyl (C=O) groups excluding carboxylic acids is 7. The van der Waals surface area contributed by atoms with Crippen LogP contribution in [0.25, 0.3) is 0 Å². The van der Waals surface area contributed by atoms with E-state index in [1.807, 2.05) is 0 Å². The highest BCUT2D eigenvalue weighted by Gasteiger charge is 2.26. The van der Waals surface area contributed by atoms with E-state index in [-0.39, 0.29) is 68.6 Å². The molecule has 16 nitrogen and oxygen atoms in total. The maximum atomic E-state index is 12.4. The Morgan fingerprint density at radius 1 is 0.774 bits per heavy atom. The van der Waals surface area contributed by atoms with Crippen molar-refractivity contribution < 1.29 is 48.2 Å². The summed E-state index contributed by atoms with van der Waals surface area (Å²) in [5, 5.41) is 25.2. The summed E-state index contributed by atoms with van der Waals surface area (Å²) in [7, 11) is 0. The molecule has 0 saturated carbocycles. The monoisotopic (exact) mass is 732 g/mol. The Kier molecular flexibility index (Phi) is 15.7. The van der Waals surface area contributed by atoms with Gasteiger partial charge in [0.1, 0.15) is 11.6 Å². The summed E-state index contributed by atoms with van der Waals surface area (Å²) < 4.78 is 5.09. The maximum absolute atomic E-state index is 12.4. The molecular formula is C37H44N6O10. The Labute approximate surface area is 306 Å². The van der Waals surface area contributed by atoms with Gasteiger partial charge >= 0.3 is 12.1 Å². The quantitative estimate of drug-likeness (QED) is 0.0848. The fraction of sp³-hybridized carbons (Fsp3) is 0.405. The lowest BCUT2D eigenvalue weighted by Crippen LogP contribution is -2.43. The standard InChI is InChI=1S/C37H44N6O10/c1-37(2,3)53-36(52)40-30(35(50)51)7-5-4-6-8-31(46)38-22-28(44)17-18-32(47)39-25-13-15-27(16-14-25)42-41-26-11-9-24(10-12-26)21-29(45)23-43-33(48)19-20-34(43)49/h9-16,19-20,30H,4-8,17-18,21-23H2,1-3H3,(H,38,46)(H,39,47)(H,40,52)(H,50,51)/t30-/m0/s1. The number of hydrogen-bond donors (Lipinski definition) is 4. The van der Waals surface area contributed by atoms with Gasteiger partial charge in [0.25, 0.3) is 11.8 Å². The first-order valence-corrected chi connectivity index (χ1v) is 17.0. The Hall–Kier alpha value is -6.06. The zero-order valence-corrected chi connectivity index (χ0v) is 29.9. The number of rotatable bonds is 20. The molecule has 1 atom stereocenters. The van der Waals surface area contributed by atoms with Gasteiger partial charge in [-0.1, -0.05) is 25.0 Å². The van der Waals surface area contributed by atoms with Gasteiger partial charge in [-0.3, -0.25) is 33.7 Å². The minimum atomic E-state index is -1.18. The van der Waals surface area contributed by atoms with Crippen LogP contribution in [-0.4, -0.2) is 82.0 Å². The summed E-state index contributed by atoms with van der Waals surface area (Å²) in [5.74, 6) is -3.50. The number of azo groups is 1. The molecule has 0 saturated heterocycles. The number of amides is 5. The predicted octanol–water partition coefficient (Wildman–Crippen LogP) is 4.47. The minimum absolute atomic E-state index is 0.0494. The first kappa shape index (κ1) is 41.4. The van der Waals surface area contributed by atoms with Crippen molar-refractivity contribution in [2.45, 2.75) is 83.8 Å². The van der Waals surface area contributed by atoms with Gasteiger partial charge in [-0.15, -0.1) is 0 Å². The van der Waals surface area contributed by atoms with E-state index >= 15 is 0 Å². The fourth-order valence-corrected chi connectivity index (χ4v) is 4.82. The number of hydrogen-bond acceptors (Lipinski definition) is 11. The average Bonchev–Trinajstić information content (AvgIpc) is 3.40. The van der Waals surface area contributed by atoms with Gasteiger partial charge in [-0.25, -0.2) is 9.59 Å². The number of imide groups is 1. The van der Waals surface area contributed by atoms with Gasteiger partial charge in [0.15, 0.2) is 11.6 Å². The summed E-state index contributed by atoms with van der Waals surface area (Å²) in [6, 6.07) is 12.2. The van der Waals surface area contributed by atoms with E-state index in [9.17, 15) is 43.5 Å². The molecule has 0 spiro atoms. The van der Waals surface area contributed by atoms with Crippen LogP contribution in [0, 0.1) is 0 Å². The van der Waals surface area contributed by atoms with E-state index in [1.165, 1.54) is 0 Å². The molecule has 1 heterocycles. The van der Waals surface area contributed by atoms with Gasteiger partial charge < -0.3 is 25.8 Å². The van der Waals surface area contributed by atoms with Crippen LogP contribution >= 0.6 is 0 Å². The fourth-order valence-electron chi connectivity index (χ4n) is 4.82. The normalized spacial score (nSPS) is 13.2. The number of carbonyl (C=O) groups is 8. The molecule has 3 rings (SSSR count). The van der Waals surface area contributed by atoms with Crippen LogP contribution in [0.3, 0.4) is 0 Å². The molecule has 282 valence electrons. The number of nitrogens with zero attached hydrogens (tertiary/aromatic N) is 3. The van der Waals surface area contributed by atoms with Gasteiger partial charge in [0, 0.05) is 43.5 Å². The molecule has 53 heavy (non-hydrogen) atoms. The van der Waals surface area contributed by atoms with Crippen LogP contribution in [-0.2, 0) is 44.7 Å². The second-order valence-electron chi connectivity index (χ2n) is 13.2. The lowest BCUT2D eigenvalue weighted by atomic mass is 10.1. The number of carboxylic acid groups (broad SMARTS) is 1. The van der Waals surface area contributed by atoms with Crippen molar-refractivity contribution in [3.05, 3.63) is 66.2 Å². The molecule has 0 unspecified atom stereocenters. The SMILES string of the molecule is CC(C)(C)OC(=O)N[C@@H](CCCCCC(=O)NCC(=O)CCC(=O)Nc1ccc(N=Nc2ccc(CC(=O)CN3C(=O)C=CC3=O)cc2)cc1)C(=O)O. The Bertz CT molecular complexity index is 1710. The molecule has 0 aromatic heterocycles. The molecule has 4 N–H and O–H groups in total. The number of nitrogens with one attached hydrogen (secondary N) is 3. The number of carboxylic acids is 1. The van der Waals surface area contributed by atoms with Crippen LogP contribution in [0.15, 0.2) is 70.9 Å². The van der Waals surface area contributed by atoms with Crippen molar-refractivity contribution in [3.63, 3.8) is 0 Å². The number of alkyl carbamates (subject to hydrolysis) is 1. The number of anilines is 1. The van der Waals surface area contributed by atoms with Gasteiger partial charge in [0.2, 0.25) is 11.8 Å². The molecule has 16 heteroatoms. The average molecular weight is 733 g/mol. The van der Waals surface area contributed by atoms with Crippen molar-refractivity contribution in [2.75, 3.05) is 18.4 Å². The van der Waals surface area contributed by atoms with Crippen LogP contribution < -0.4 is 16.0 Å². The predicted molar refractivity (Wildman–Crippen MR) is 191 cm³/mol. The largest absolute Gasteiger partial charge is 0.480 e. The summed E-state index contributed by atoms with van der Waals surface area (Å²) in [6.07, 6.45) is 3.13. The van der Waals surface area contributed by atoms with Crippen LogP contribution in [0.1, 0.15) is 71.3 Å². The van der Waals surface area contributed by atoms with E-state index in [1.54, 1.807) is 69.3 Å². The molecule has 2 aromatic rings. The second kappa shape index (κ2) is 20.1. The number of Topliss-reactive ketones (excluding diaryl/α,β-unsaturated/α-hetero) is 2. The molecule has 1 aliphatic rings. The van der Waals surface area contributed by atoms with Gasteiger partial charge in [-0.2, -0.15) is 10.2 Å². The highest BCUT2D eigenvalue weighted by Crippen LogP contribution is 2.21. The molecule has 0 fully saturated rings. The van der Waals surface area contributed by atoms with Gasteiger partial charge in [-0.05, 0) is 75.6 Å². The van der Waals surface area contributed by atoms with Crippen molar-refractivity contribution in [2.24, 2.45) is 10.2 Å². The van der Waals surface area contributed by atoms with Gasteiger partial charge in [0.05, 0.1) is 24.5 Å². The number of ketones is 2. The van der Waals surface area contributed by atoms with Crippen molar-refractivity contribution in [3.8, 4) is 0 Å². The smallest absolute Gasteiger partial charge is 0.408 e. The summed E-state index contributed by atoms with van der Waals surface area (Å²) in [4.78, 5) is 96.4. The first-order chi connectivity index (χ1) is 25.1. The highest BCUT2D eigenvalue weighted by molar-refractivity contribution is 6.14. The lowest BCUT2D eigenvalue weighted by Gasteiger charge is -2.22. The topological polar surface area (TPSA) is 230 Å². The third-order valence-electron chi connectivity index (χ3n) is 7.50. The molecule has 0 aliphatic carbocycles. The van der Waals surface area contributed by atoms with Crippen molar-refractivity contribution in [1.82, 2.24) is 15.5 Å². The molecule has 1 aliphatic heterocycles. The van der Waals surface area contributed by atoms with E-state index < -0.39 is 35.5 Å². The van der Waals surface area contributed by atoms with E-state index in [4.69, 9.17) is 4.74 Å².